The fraction of sp³-hybridized carbons (Fsp3) is 0.250. The first kappa shape index (κ1) is 20.1. The molecule has 142 valence electrons. The summed E-state index contributed by atoms with van der Waals surface area (Å²) in [5.41, 5.74) is 1.44. The highest BCUT2D eigenvalue weighted by Crippen LogP contribution is 2.10. The first-order valence-electron chi connectivity index (χ1n) is 8.71. The van der Waals surface area contributed by atoms with Gasteiger partial charge in [-0.05, 0) is 55.0 Å². The van der Waals surface area contributed by atoms with Crippen LogP contribution in [0.2, 0.25) is 0 Å². The van der Waals surface area contributed by atoms with Crippen LogP contribution in [0.4, 0.5) is 10.1 Å². The van der Waals surface area contributed by atoms with Gasteiger partial charge < -0.3 is 16.0 Å². The molecule has 0 aliphatic rings. The van der Waals surface area contributed by atoms with E-state index in [2.05, 4.69) is 16.0 Å². The van der Waals surface area contributed by atoms with Gasteiger partial charge in [-0.15, -0.1) is 0 Å². The lowest BCUT2D eigenvalue weighted by Crippen LogP contribution is -2.34. The van der Waals surface area contributed by atoms with Gasteiger partial charge in [0.1, 0.15) is 5.82 Å². The van der Waals surface area contributed by atoms with Gasteiger partial charge in [0.15, 0.2) is 0 Å². The van der Waals surface area contributed by atoms with E-state index in [1.54, 1.807) is 24.3 Å². The molecule has 0 bridgehead atoms. The molecule has 0 aliphatic carbocycles. The Hall–Kier alpha value is -3.22. The van der Waals surface area contributed by atoms with E-state index < -0.39 is 5.82 Å². The van der Waals surface area contributed by atoms with Crippen molar-refractivity contribution in [2.45, 2.75) is 19.8 Å². The molecule has 0 aromatic heterocycles. The Bertz CT molecular complexity index is 789. The highest BCUT2D eigenvalue weighted by atomic mass is 19.1. The van der Waals surface area contributed by atoms with Gasteiger partial charge in [-0.25, -0.2) is 4.39 Å². The van der Waals surface area contributed by atoms with Crippen molar-refractivity contribution in [2.75, 3.05) is 18.4 Å². The monoisotopic (exact) mass is 371 g/mol. The summed E-state index contributed by atoms with van der Waals surface area (Å²) in [6.45, 7) is 2.42. The summed E-state index contributed by atoms with van der Waals surface area (Å²) in [6, 6.07) is 11.8. The Morgan fingerprint density at radius 3 is 1.78 bits per heavy atom. The van der Waals surface area contributed by atoms with Crippen LogP contribution in [0.15, 0.2) is 48.5 Å². The topological polar surface area (TPSA) is 87.3 Å². The van der Waals surface area contributed by atoms with E-state index in [0.29, 0.717) is 23.2 Å². The van der Waals surface area contributed by atoms with Crippen molar-refractivity contribution in [1.29, 1.82) is 0 Å². The van der Waals surface area contributed by atoms with E-state index >= 15 is 0 Å². The number of nitrogens with one attached hydrogen (secondary N) is 3. The number of hydrogen-bond acceptors (Lipinski definition) is 3. The van der Waals surface area contributed by atoms with Crippen molar-refractivity contribution < 1.29 is 18.8 Å². The average molecular weight is 371 g/mol. The lowest BCUT2D eigenvalue weighted by atomic mass is 10.2. The molecule has 0 radical (unpaired) electrons. The van der Waals surface area contributed by atoms with Gasteiger partial charge in [0.05, 0.1) is 0 Å². The summed E-state index contributed by atoms with van der Waals surface area (Å²) in [6.07, 6.45) is 1.22. The molecule has 27 heavy (non-hydrogen) atoms. The lowest BCUT2D eigenvalue weighted by Gasteiger charge is -2.08. The summed E-state index contributed by atoms with van der Waals surface area (Å²) in [7, 11) is 0. The van der Waals surface area contributed by atoms with Crippen LogP contribution >= 0.6 is 0 Å². The van der Waals surface area contributed by atoms with Crippen LogP contribution in [0.5, 0.6) is 0 Å². The van der Waals surface area contributed by atoms with Crippen LogP contribution < -0.4 is 16.0 Å². The van der Waals surface area contributed by atoms with Crippen molar-refractivity contribution in [1.82, 2.24) is 10.6 Å². The molecule has 0 heterocycles. The molecule has 0 unspecified atom stereocenters. The van der Waals surface area contributed by atoms with Crippen molar-refractivity contribution in [3.05, 3.63) is 65.5 Å². The predicted molar refractivity (Wildman–Crippen MR) is 101 cm³/mol. The fourth-order valence-electron chi connectivity index (χ4n) is 2.31. The molecule has 0 saturated heterocycles. The van der Waals surface area contributed by atoms with E-state index in [-0.39, 0.29) is 30.8 Å². The zero-order valence-corrected chi connectivity index (χ0v) is 15.0. The molecule has 2 aromatic carbocycles. The Morgan fingerprint density at radius 1 is 0.815 bits per heavy atom. The Kier molecular flexibility index (Phi) is 7.49. The summed E-state index contributed by atoms with van der Waals surface area (Å²) in [5, 5.41) is 8.09. The van der Waals surface area contributed by atoms with Gasteiger partial charge >= 0.3 is 0 Å². The van der Waals surface area contributed by atoms with Gasteiger partial charge in [0.25, 0.3) is 11.8 Å². The summed E-state index contributed by atoms with van der Waals surface area (Å²) >= 11 is 0. The second-order valence-electron chi connectivity index (χ2n) is 5.89. The number of carbonyl (C=O) groups is 3. The molecule has 3 amide bonds. The minimum atomic E-state index is -0.408. The van der Waals surface area contributed by atoms with Crippen LogP contribution in [0, 0.1) is 5.82 Å². The molecule has 0 atom stereocenters. The molecule has 7 heteroatoms. The van der Waals surface area contributed by atoms with Gasteiger partial charge in [-0.2, -0.15) is 0 Å². The Balaban J connectivity index is 1.74. The fourth-order valence-corrected chi connectivity index (χ4v) is 2.31. The zero-order valence-electron chi connectivity index (χ0n) is 15.0. The molecular weight excluding hydrogens is 349 g/mol. The van der Waals surface area contributed by atoms with Crippen LogP contribution in [0.3, 0.4) is 0 Å². The minimum Gasteiger partial charge on any atom is -0.350 e. The van der Waals surface area contributed by atoms with Crippen molar-refractivity contribution in [3.63, 3.8) is 0 Å². The van der Waals surface area contributed by atoms with Crippen molar-refractivity contribution >= 4 is 23.4 Å². The van der Waals surface area contributed by atoms with Gasteiger partial charge in [0, 0.05) is 36.3 Å². The van der Waals surface area contributed by atoms with E-state index in [1.165, 1.54) is 24.3 Å². The van der Waals surface area contributed by atoms with Crippen LogP contribution in [-0.4, -0.2) is 30.8 Å². The molecule has 0 saturated carbocycles. The van der Waals surface area contributed by atoms with Gasteiger partial charge in [-0.3, -0.25) is 14.4 Å². The summed E-state index contributed by atoms with van der Waals surface area (Å²) < 4.78 is 12.8. The van der Waals surface area contributed by atoms with Crippen LogP contribution in [0.25, 0.3) is 0 Å². The van der Waals surface area contributed by atoms with Crippen LogP contribution in [0.1, 0.15) is 40.5 Å². The third-order valence-electron chi connectivity index (χ3n) is 3.71. The largest absolute Gasteiger partial charge is 0.350 e. The van der Waals surface area contributed by atoms with E-state index in [1.807, 2.05) is 6.92 Å². The van der Waals surface area contributed by atoms with E-state index in [4.69, 9.17) is 0 Å². The van der Waals surface area contributed by atoms with Crippen molar-refractivity contribution in [3.8, 4) is 0 Å². The van der Waals surface area contributed by atoms with E-state index in [0.717, 1.165) is 6.42 Å². The maximum Gasteiger partial charge on any atom is 0.251 e. The summed E-state index contributed by atoms with van der Waals surface area (Å²) in [5.74, 6) is -1.09. The first-order valence-corrected chi connectivity index (χ1v) is 8.71. The Labute approximate surface area is 157 Å². The highest BCUT2D eigenvalue weighted by Gasteiger charge is 2.08. The number of carbonyl (C=O) groups excluding carboxylic acids is 3. The standard InChI is InChI=1S/C20H22FN3O3/c1-2-3-18(25)24-17-10-6-15(7-11-17)20(27)23-13-12-22-19(26)14-4-8-16(21)9-5-14/h4-11H,2-3,12-13H2,1H3,(H,22,26)(H,23,27)(H,24,25). The van der Waals surface area contributed by atoms with Gasteiger partial charge in [-0.1, -0.05) is 6.92 Å². The number of hydrogen-bond donors (Lipinski definition) is 3. The van der Waals surface area contributed by atoms with Gasteiger partial charge in [0.2, 0.25) is 5.91 Å². The second kappa shape index (κ2) is 10.1. The molecule has 2 aromatic rings. The third-order valence-corrected chi connectivity index (χ3v) is 3.71. The van der Waals surface area contributed by atoms with Crippen LogP contribution in [-0.2, 0) is 4.79 Å². The molecule has 3 N–H and O–H groups in total. The number of benzene rings is 2. The second-order valence-corrected chi connectivity index (χ2v) is 5.89. The number of rotatable bonds is 8. The van der Waals surface area contributed by atoms with E-state index in [9.17, 15) is 18.8 Å². The molecule has 0 spiro atoms. The molecule has 6 nitrogen and oxygen atoms in total. The molecular formula is C20H22FN3O3. The average Bonchev–Trinajstić information content (AvgIpc) is 2.66. The third kappa shape index (κ3) is 6.54. The zero-order chi connectivity index (χ0) is 19.6. The maximum absolute atomic E-state index is 12.8. The van der Waals surface area contributed by atoms with Crippen molar-refractivity contribution in [2.24, 2.45) is 0 Å². The number of anilines is 1. The maximum atomic E-state index is 12.8. The highest BCUT2D eigenvalue weighted by molar-refractivity contribution is 5.96. The quantitative estimate of drug-likeness (QED) is 0.624. The normalized spacial score (nSPS) is 10.1. The first-order chi connectivity index (χ1) is 13.0. The molecule has 0 aliphatic heterocycles. The minimum absolute atomic E-state index is 0.0633. The predicted octanol–water partition coefficient (Wildman–Crippen LogP) is 2.72. The summed E-state index contributed by atoms with van der Waals surface area (Å²) in [4.78, 5) is 35.5. The lowest BCUT2D eigenvalue weighted by molar-refractivity contribution is -0.116. The molecule has 2 rings (SSSR count). The Morgan fingerprint density at radius 2 is 1.30 bits per heavy atom. The SMILES string of the molecule is CCCC(=O)Nc1ccc(C(=O)NCCNC(=O)c2ccc(F)cc2)cc1. The smallest absolute Gasteiger partial charge is 0.251 e. The molecule has 0 fully saturated rings. The number of amides is 3. The number of halogens is 1.